The maximum atomic E-state index is 13.2. The van der Waals surface area contributed by atoms with Crippen LogP contribution in [0.15, 0.2) is 18.2 Å². The molecule has 1 atom stereocenters. The van der Waals surface area contributed by atoms with E-state index in [1.54, 1.807) is 7.05 Å². The number of alkyl halides is 2. The molecule has 21 heavy (non-hydrogen) atoms. The predicted molar refractivity (Wildman–Crippen MR) is 77.0 cm³/mol. The Morgan fingerprint density at radius 3 is 2.81 bits per heavy atom. The third kappa shape index (κ3) is 3.66. The molecule has 1 aliphatic rings. The van der Waals surface area contributed by atoms with Gasteiger partial charge in [-0.2, -0.15) is 0 Å². The van der Waals surface area contributed by atoms with Gasteiger partial charge in [-0.05, 0) is 38.4 Å². The summed E-state index contributed by atoms with van der Waals surface area (Å²) >= 11 is 0. The van der Waals surface area contributed by atoms with Crippen LogP contribution in [0.5, 0.6) is 0 Å². The SMILES string of the molecule is CN(c1ccc([N+](=O)[O-])cc1C(F)F)C1CCCNCC1. The molecule has 0 aromatic heterocycles. The second-order valence-corrected chi connectivity index (χ2v) is 5.25. The monoisotopic (exact) mass is 299 g/mol. The van der Waals surface area contributed by atoms with Crippen LogP contribution in [-0.4, -0.2) is 31.1 Å². The summed E-state index contributed by atoms with van der Waals surface area (Å²) in [6, 6.07) is 3.86. The summed E-state index contributed by atoms with van der Waals surface area (Å²) in [5.41, 5.74) is -0.198. The number of non-ortho nitro benzene ring substituents is 1. The lowest BCUT2D eigenvalue weighted by molar-refractivity contribution is -0.385. The van der Waals surface area contributed by atoms with Crippen molar-refractivity contribution in [2.24, 2.45) is 0 Å². The van der Waals surface area contributed by atoms with Crippen molar-refractivity contribution in [3.05, 3.63) is 33.9 Å². The largest absolute Gasteiger partial charge is 0.371 e. The van der Waals surface area contributed by atoms with E-state index in [1.165, 1.54) is 12.1 Å². The van der Waals surface area contributed by atoms with Gasteiger partial charge in [-0.25, -0.2) is 8.78 Å². The number of hydrogen-bond donors (Lipinski definition) is 1. The van der Waals surface area contributed by atoms with Crippen LogP contribution < -0.4 is 10.2 Å². The molecular weight excluding hydrogens is 280 g/mol. The summed E-state index contributed by atoms with van der Waals surface area (Å²) in [7, 11) is 1.78. The number of nitrogens with one attached hydrogen (secondary N) is 1. The zero-order valence-electron chi connectivity index (χ0n) is 11.9. The minimum Gasteiger partial charge on any atom is -0.371 e. The molecule has 0 bridgehead atoms. The van der Waals surface area contributed by atoms with Gasteiger partial charge in [0.05, 0.1) is 4.92 Å². The van der Waals surface area contributed by atoms with Crippen molar-refractivity contribution in [2.45, 2.75) is 31.7 Å². The van der Waals surface area contributed by atoms with E-state index in [1.807, 2.05) is 4.90 Å². The van der Waals surface area contributed by atoms with Crippen molar-refractivity contribution < 1.29 is 13.7 Å². The van der Waals surface area contributed by atoms with Crippen LogP contribution in [-0.2, 0) is 0 Å². The van der Waals surface area contributed by atoms with Crippen LogP contribution in [0.25, 0.3) is 0 Å². The van der Waals surface area contributed by atoms with E-state index in [0.717, 1.165) is 38.4 Å². The number of halogens is 2. The maximum absolute atomic E-state index is 13.2. The van der Waals surface area contributed by atoms with Gasteiger partial charge in [-0.15, -0.1) is 0 Å². The first-order valence-electron chi connectivity index (χ1n) is 7.00. The molecule has 1 aromatic rings. The molecule has 116 valence electrons. The molecule has 0 spiro atoms. The summed E-state index contributed by atoms with van der Waals surface area (Å²) in [5.74, 6) is 0. The lowest BCUT2D eigenvalue weighted by Crippen LogP contribution is -2.33. The molecule has 1 saturated heterocycles. The van der Waals surface area contributed by atoms with E-state index in [-0.39, 0.29) is 17.3 Å². The zero-order valence-corrected chi connectivity index (χ0v) is 11.9. The third-order valence-electron chi connectivity index (χ3n) is 3.93. The fourth-order valence-electron chi connectivity index (χ4n) is 2.74. The molecule has 0 amide bonds. The molecule has 1 aromatic carbocycles. The summed E-state index contributed by atoms with van der Waals surface area (Å²) in [5, 5.41) is 14.0. The summed E-state index contributed by atoms with van der Waals surface area (Å²) in [4.78, 5) is 11.9. The first-order chi connectivity index (χ1) is 10.0. The second-order valence-electron chi connectivity index (χ2n) is 5.25. The average Bonchev–Trinajstić information content (AvgIpc) is 2.74. The van der Waals surface area contributed by atoms with E-state index in [9.17, 15) is 18.9 Å². The fraction of sp³-hybridized carbons (Fsp3) is 0.571. The Kier molecular flexibility index (Phi) is 5.06. The van der Waals surface area contributed by atoms with Crippen molar-refractivity contribution in [1.29, 1.82) is 0 Å². The first kappa shape index (κ1) is 15.6. The van der Waals surface area contributed by atoms with E-state index >= 15 is 0 Å². The second kappa shape index (κ2) is 6.80. The molecule has 1 heterocycles. The highest BCUT2D eigenvalue weighted by atomic mass is 19.3. The number of anilines is 1. The van der Waals surface area contributed by atoms with Crippen molar-refractivity contribution in [3.63, 3.8) is 0 Å². The van der Waals surface area contributed by atoms with Crippen LogP contribution in [0.2, 0.25) is 0 Å². The van der Waals surface area contributed by atoms with Crippen LogP contribution in [0.1, 0.15) is 31.3 Å². The van der Waals surface area contributed by atoms with Gasteiger partial charge in [0.15, 0.2) is 0 Å². The Balaban J connectivity index is 2.30. The Morgan fingerprint density at radius 1 is 1.38 bits per heavy atom. The highest BCUT2D eigenvalue weighted by molar-refractivity contribution is 5.58. The van der Waals surface area contributed by atoms with Crippen LogP contribution in [0.3, 0.4) is 0 Å². The Bertz CT molecular complexity index is 503. The lowest BCUT2D eigenvalue weighted by Gasteiger charge is -2.30. The first-order valence-corrected chi connectivity index (χ1v) is 7.00. The van der Waals surface area contributed by atoms with E-state index in [4.69, 9.17) is 0 Å². The molecule has 0 saturated carbocycles. The smallest absolute Gasteiger partial charge is 0.270 e. The van der Waals surface area contributed by atoms with Crippen molar-refractivity contribution in [3.8, 4) is 0 Å². The van der Waals surface area contributed by atoms with Gasteiger partial charge in [-0.1, -0.05) is 0 Å². The molecule has 7 heteroatoms. The third-order valence-corrected chi connectivity index (χ3v) is 3.93. The molecule has 1 N–H and O–H groups in total. The van der Waals surface area contributed by atoms with E-state index in [0.29, 0.717) is 5.69 Å². The summed E-state index contributed by atoms with van der Waals surface area (Å²) in [6.45, 7) is 1.79. The molecule has 5 nitrogen and oxygen atoms in total. The van der Waals surface area contributed by atoms with Gasteiger partial charge in [0.1, 0.15) is 0 Å². The van der Waals surface area contributed by atoms with Gasteiger partial charge in [0.25, 0.3) is 12.1 Å². The van der Waals surface area contributed by atoms with Gasteiger partial charge in [0, 0.05) is 36.5 Å². The van der Waals surface area contributed by atoms with Gasteiger partial charge in [0.2, 0.25) is 0 Å². The molecule has 1 unspecified atom stereocenters. The minimum atomic E-state index is -2.73. The number of nitro benzene ring substituents is 1. The molecular formula is C14H19F2N3O2. The summed E-state index contributed by atoms with van der Waals surface area (Å²) in [6.07, 6.45) is 0.0527. The van der Waals surface area contributed by atoms with Crippen molar-refractivity contribution in [2.75, 3.05) is 25.0 Å². The zero-order chi connectivity index (χ0) is 15.4. The van der Waals surface area contributed by atoms with Gasteiger partial charge in [-0.3, -0.25) is 10.1 Å². The van der Waals surface area contributed by atoms with Crippen LogP contribution >= 0.6 is 0 Å². The number of rotatable bonds is 4. The molecule has 0 aliphatic carbocycles. The minimum absolute atomic E-state index is 0.166. The standard InChI is InChI=1S/C14H19F2N3O2/c1-18(10-3-2-7-17-8-6-10)13-5-4-11(19(20)21)9-12(13)14(15)16/h4-5,9-10,14,17H,2-3,6-8H2,1H3. The predicted octanol–water partition coefficient (Wildman–Crippen LogP) is 3.11. The van der Waals surface area contributed by atoms with Gasteiger partial charge < -0.3 is 10.2 Å². The fourth-order valence-corrected chi connectivity index (χ4v) is 2.74. The number of nitrogens with zero attached hydrogens (tertiary/aromatic N) is 2. The average molecular weight is 299 g/mol. The van der Waals surface area contributed by atoms with E-state index in [2.05, 4.69) is 5.32 Å². The quantitative estimate of drug-likeness (QED) is 0.685. The van der Waals surface area contributed by atoms with Crippen molar-refractivity contribution in [1.82, 2.24) is 5.32 Å². The Labute approximate surface area is 122 Å². The highest BCUT2D eigenvalue weighted by Crippen LogP contribution is 2.34. The number of hydrogen-bond acceptors (Lipinski definition) is 4. The topological polar surface area (TPSA) is 58.4 Å². The maximum Gasteiger partial charge on any atom is 0.270 e. The summed E-state index contributed by atoms with van der Waals surface area (Å²) < 4.78 is 26.4. The number of benzene rings is 1. The molecule has 0 radical (unpaired) electrons. The molecule has 1 aliphatic heterocycles. The highest BCUT2D eigenvalue weighted by Gasteiger charge is 2.24. The normalized spacial score (nSPS) is 19.3. The Morgan fingerprint density at radius 2 is 2.14 bits per heavy atom. The Hall–Kier alpha value is -1.76. The van der Waals surface area contributed by atoms with E-state index < -0.39 is 11.3 Å². The molecule has 2 rings (SSSR count). The van der Waals surface area contributed by atoms with Crippen LogP contribution in [0, 0.1) is 10.1 Å². The van der Waals surface area contributed by atoms with Crippen LogP contribution in [0.4, 0.5) is 20.2 Å². The van der Waals surface area contributed by atoms with Gasteiger partial charge >= 0.3 is 0 Å². The lowest BCUT2D eigenvalue weighted by atomic mass is 10.0. The van der Waals surface area contributed by atoms with Crippen molar-refractivity contribution >= 4 is 11.4 Å². The number of nitro groups is 1. The molecule has 1 fully saturated rings.